The Morgan fingerprint density at radius 3 is 2.81 bits per heavy atom. The Labute approximate surface area is 102 Å². The lowest BCUT2D eigenvalue weighted by atomic mass is 10.1. The van der Waals surface area contributed by atoms with Crippen LogP contribution in [0.1, 0.15) is 31.0 Å². The molecule has 0 radical (unpaired) electrons. The van der Waals surface area contributed by atoms with E-state index < -0.39 is 0 Å². The molecule has 2 rings (SSSR count). The summed E-state index contributed by atoms with van der Waals surface area (Å²) in [6.07, 6.45) is 2.56. The average Bonchev–Trinajstić information content (AvgIpc) is 2.82. The molecule has 3 nitrogen and oxygen atoms in total. The lowest BCUT2D eigenvalue weighted by Crippen LogP contribution is -2.23. The van der Waals surface area contributed by atoms with Crippen molar-refractivity contribution in [2.75, 3.05) is 18.0 Å². The third-order valence-electron chi connectivity index (χ3n) is 3.61. The van der Waals surface area contributed by atoms with Crippen LogP contribution < -0.4 is 4.90 Å². The van der Waals surface area contributed by atoms with Crippen molar-refractivity contribution in [2.24, 2.45) is 13.0 Å². The van der Waals surface area contributed by atoms with Crippen LogP contribution in [0.15, 0.2) is 0 Å². The minimum absolute atomic E-state index is 0.558. The van der Waals surface area contributed by atoms with E-state index >= 15 is 0 Å². The van der Waals surface area contributed by atoms with Gasteiger partial charge in [0.1, 0.15) is 5.82 Å². The van der Waals surface area contributed by atoms with Crippen LogP contribution >= 0.6 is 11.6 Å². The smallest absolute Gasteiger partial charge is 0.131 e. The fraction of sp³-hybridized carbons (Fsp3) is 0.750. The summed E-state index contributed by atoms with van der Waals surface area (Å²) in [5.41, 5.74) is 2.26. The summed E-state index contributed by atoms with van der Waals surface area (Å²) < 4.78 is 1.98. The van der Waals surface area contributed by atoms with Gasteiger partial charge in [-0.2, -0.15) is 5.10 Å². The van der Waals surface area contributed by atoms with Gasteiger partial charge in [-0.05, 0) is 19.3 Å². The van der Waals surface area contributed by atoms with Crippen LogP contribution in [0.4, 0.5) is 5.82 Å². The number of rotatable bonds is 3. The number of nitrogens with zero attached hydrogens (tertiary/aromatic N) is 3. The molecule has 4 heteroatoms. The van der Waals surface area contributed by atoms with Gasteiger partial charge in [0.15, 0.2) is 0 Å². The standard InChI is InChI=1S/C12H20ClN3/c1-4-10-5-6-16(8-10)12-11(7-13)9(2)14-15(12)3/h10H,4-8H2,1-3H3. The van der Waals surface area contributed by atoms with Crippen molar-refractivity contribution in [3.8, 4) is 0 Å². The van der Waals surface area contributed by atoms with Crippen LogP contribution in [-0.2, 0) is 12.9 Å². The largest absolute Gasteiger partial charge is 0.356 e. The lowest BCUT2D eigenvalue weighted by Gasteiger charge is -2.20. The molecule has 0 saturated carbocycles. The predicted octanol–water partition coefficient (Wildman–Crippen LogP) is 2.70. The maximum atomic E-state index is 6.02. The summed E-state index contributed by atoms with van der Waals surface area (Å²) in [4.78, 5) is 2.44. The van der Waals surface area contributed by atoms with E-state index in [1.807, 2.05) is 18.7 Å². The first kappa shape index (κ1) is 11.8. The lowest BCUT2D eigenvalue weighted by molar-refractivity contribution is 0.567. The summed E-state index contributed by atoms with van der Waals surface area (Å²) in [5.74, 6) is 2.62. The summed E-state index contributed by atoms with van der Waals surface area (Å²) >= 11 is 6.02. The van der Waals surface area contributed by atoms with Crippen LogP contribution in [-0.4, -0.2) is 22.9 Å². The fourth-order valence-corrected chi connectivity index (χ4v) is 2.91. The Bertz CT molecular complexity index is 373. The number of hydrogen-bond acceptors (Lipinski definition) is 2. The molecule has 2 heterocycles. The van der Waals surface area contributed by atoms with Gasteiger partial charge in [-0.25, -0.2) is 0 Å². The summed E-state index contributed by atoms with van der Waals surface area (Å²) in [6.45, 7) is 6.60. The van der Waals surface area contributed by atoms with Crippen LogP contribution in [0.25, 0.3) is 0 Å². The van der Waals surface area contributed by atoms with Crippen molar-refractivity contribution in [2.45, 2.75) is 32.6 Å². The molecule has 1 unspecified atom stereocenters. The molecule has 16 heavy (non-hydrogen) atoms. The second-order valence-electron chi connectivity index (χ2n) is 4.65. The van der Waals surface area contributed by atoms with Crippen molar-refractivity contribution >= 4 is 17.4 Å². The SMILES string of the molecule is CCC1CCN(c2c(CCl)c(C)nn2C)C1. The zero-order valence-corrected chi connectivity index (χ0v) is 11.1. The van der Waals surface area contributed by atoms with Gasteiger partial charge in [-0.15, -0.1) is 11.6 Å². The molecule has 0 bridgehead atoms. The van der Waals surface area contributed by atoms with E-state index in [0.717, 1.165) is 24.7 Å². The van der Waals surface area contributed by atoms with Crippen LogP contribution in [0.3, 0.4) is 0 Å². The predicted molar refractivity (Wildman–Crippen MR) is 68.1 cm³/mol. The number of aromatic nitrogens is 2. The molecule has 1 aliphatic rings. The van der Waals surface area contributed by atoms with Gasteiger partial charge in [0.25, 0.3) is 0 Å². The average molecular weight is 242 g/mol. The fourth-order valence-electron chi connectivity index (χ4n) is 2.60. The first-order valence-corrected chi connectivity index (χ1v) is 6.54. The van der Waals surface area contributed by atoms with Crippen molar-refractivity contribution < 1.29 is 0 Å². The molecule has 1 saturated heterocycles. The third kappa shape index (κ3) is 1.93. The minimum atomic E-state index is 0.558. The molecule has 0 aromatic carbocycles. The molecule has 0 aliphatic carbocycles. The second kappa shape index (κ2) is 4.66. The van der Waals surface area contributed by atoms with Gasteiger partial charge in [0.2, 0.25) is 0 Å². The van der Waals surface area contributed by atoms with E-state index in [0.29, 0.717) is 5.88 Å². The summed E-state index contributed by atoms with van der Waals surface area (Å²) in [6, 6.07) is 0. The molecule has 0 amide bonds. The van der Waals surface area contributed by atoms with Crippen molar-refractivity contribution in [3.05, 3.63) is 11.3 Å². The van der Waals surface area contributed by atoms with E-state index in [-0.39, 0.29) is 0 Å². The monoisotopic (exact) mass is 241 g/mol. The first-order valence-electron chi connectivity index (χ1n) is 6.00. The van der Waals surface area contributed by atoms with Gasteiger partial charge in [-0.1, -0.05) is 13.3 Å². The van der Waals surface area contributed by atoms with E-state index in [1.54, 1.807) is 0 Å². The van der Waals surface area contributed by atoms with Crippen LogP contribution in [0, 0.1) is 12.8 Å². The van der Waals surface area contributed by atoms with Crippen LogP contribution in [0.5, 0.6) is 0 Å². The third-order valence-corrected chi connectivity index (χ3v) is 3.88. The Hall–Kier alpha value is -0.700. The molecule has 1 aliphatic heterocycles. The highest BCUT2D eigenvalue weighted by Gasteiger charge is 2.26. The maximum absolute atomic E-state index is 6.02. The molecule has 1 fully saturated rings. The van der Waals surface area contributed by atoms with Crippen LogP contribution in [0.2, 0.25) is 0 Å². The highest BCUT2D eigenvalue weighted by atomic mass is 35.5. The number of anilines is 1. The zero-order chi connectivity index (χ0) is 11.7. The van der Waals surface area contributed by atoms with Gasteiger partial charge in [0.05, 0.1) is 11.6 Å². The number of aryl methyl sites for hydroxylation is 2. The molecule has 90 valence electrons. The molecule has 1 aromatic rings. The van der Waals surface area contributed by atoms with Gasteiger partial charge >= 0.3 is 0 Å². The number of hydrogen-bond donors (Lipinski definition) is 0. The van der Waals surface area contributed by atoms with E-state index in [2.05, 4.69) is 16.9 Å². The Balaban J connectivity index is 2.27. The van der Waals surface area contributed by atoms with Crippen molar-refractivity contribution in [3.63, 3.8) is 0 Å². The molecule has 0 N–H and O–H groups in total. The molecular formula is C12H20ClN3. The summed E-state index contributed by atoms with van der Waals surface area (Å²) in [5, 5.41) is 4.47. The normalized spacial score (nSPS) is 20.8. The highest BCUT2D eigenvalue weighted by molar-refractivity contribution is 6.17. The Morgan fingerprint density at radius 1 is 1.50 bits per heavy atom. The maximum Gasteiger partial charge on any atom is 0.131 e. The quantitative estimate of drug-likeness (QED) is 0.759. The van der Waals surface area contributed by atoms with E-state index in [9.17, 15) is 0 Å². The van der Waals surface area contributed by atoms with Gasteiger partial charge in [-0.3, -0.25) is 4.68 Å². The Morgan fingerprint density at radius 2 is 2.25 bits per heavy atom. The summed E-state index contributed by atoms with van der Waals surface area (Å²) in [7, 11) is 2.01. The highest BCUT2D eigenvalue weighted by Crippen LogP contribution is 2.30. The van der Waals surface area contributed by atoms with E-state index in [4.69, 9.17) is 11.6 Å². The van der Waals surface area contributed by atoms with Gasteiger partial charge < -0.3 is 4.90 Å². The topological polar surface area (TPSA) is 21.1 Å². The zero-order valence-electron chi connectivity index (χ0n) is 10.3. The number of alkyl halides is 1. The molecule has 1 aromatic heterocycles. The Kier molecular flexibility index (Phi) is 3.43. The molecule has 0 spiro atoms. The van der Waals surface area contributed by atoms with E-state index in [1.165, 1.54) is 24.2 Å². The minimum Gasteiger partial charge on any atom is -0.356 e. The second-order valence-corrected chi connectivity index (χ2v) is 4.92. The first-order chi connectivity index (χ1) is 7.67. The van der Waals surface area contributed by atoms with Crippen molar-refractivity contribution in [1.82, 2.24) is 9.78 Å². The van der Waals surface area contributed by atoms with Gasteiger partial charge in [0, 0.05) is 25.7 Å². The van der Waals surface area contributed by atoms with Crippen molar-refractivity contribution in [1.29, 1.82) is 0 Å². The molecule has 1 atom stereocenters. The number of halogens is 1. The molecular weight excluding hydrogens is 222 g/mol.